The highest BCUT2D eigenvalue weighted by molar-refractivity contribution is 5.89. The fraction of sp³-hybridized carbons (Fsp3) is 0.235. The zero-order chi connectivity index (χ0) is 15.6. The number of benzene rings is 2. The van der Waals surface area contributed by atoms with E-state index in [9.17, 15) is 4.79 Å². The van der Waals surface area contributed by atoms with E-state index < -0.39 is 5.97 Å². The van der Waals surface area contributed by atoms with Crippen molar-refractivity contribution in [2.24, 2.45) is 0 Å². The highest BCUT2D eigenvalue weighted by Crippen LogP contribution is 2.34. The van der Waals surface area contributed by atoms with Crippen LogP contribution in [0.5, 0.6) is 11.5 Å². The molecule has 4 nitrogen and oxygen atoms in total. The van der Waals surface area contributed by atoms with E-state index in [1.807, 2.05) is 25.1 Å². The topological polar surface area (TPSA) is 72.5 Å². The van der Waals surface area contributed by atoms with Crippen molar-refractivity contribution < 1.29 is 14.6 Å². The number of hydrogen-bond donors (Lipinski definition) is 2. The van der Waals surface area contributed by atoms with E-state index in [-0.39, 0.29) is 5.56 Å². The van der Waals surface area contributed by atoms with E-state index in [1.54, 1.807) is 6.07 Å². The van der Waals surface area contributed by atoms with Gasteiger partial charge in [-0.1, -0.05) is 26.0 Å². The summed E-state index contributed by atoms with van der Waals surface area (Å²) in [5.41, 5.74) is 8.58. The van der Waals surface area contributed by atoms with Gasteiger partial charge in [0.15, 0.2) is 5.75 Å². The SMILES string of the molecule is Cc1ccc(C(C)C)c(Oc2cc(C(=O)O)ccc2N)c1. The normalized spacial score (nSPS) is 10.7. The number of ether oxygens (including phenoxy) is 1. The molecular weight excluding hydrogens is 266 g/mol. The predicted octanol–water partition coefficient (Wildman–Crippen LogP) is 4.19. The molecule has 0 spiro atoms. The van der Waals surface area contributed by atoms with Gasteiger partial charge in [-0.05, 0) is 48.2 Å². The van der Waals surface area contributed by atoms with Crippen LogP contribution in [0, 0.1) is 6.92 Å². The number of aryl methyl sites for hydroxylation is 1. The van der Waals surface area contributed by atoms with Crippen LogP contribution in [-0.4, -0.2) is 11.1 Å². The van der Waals surface area contributed by atoms with Crippen molar-refractivity contribution in [2.75, 3.05) is 5.73 Å². The molecule has 2 rings (SSSR count). The molecule has 0 heterocycles. The maximum Gasteiger partial charge on any atom is 0.335 e. The van der Waals surface area contributed by atoms with Gasteiger partial charge in [0.2, 0.25) is 0 Å². The quantitative estimate of drug-likeness (QED) is 0.826. The minimum absolute atomic E-state index is 0.151. The lowest BCUT2D eigenvalue weighted by atomic mass is 10.0. The third-order valence-electron chi connectivity index (χ3n) is 3.27. The Kier molecular flexibility index (Phi) is 4.17. The zero-order valence-electron chi connectivity index (χ0n) is 12.4. The number of rotatable bonds is 4. The minimum atomic E-state index is -1.01. The summed E-state index contributed by atoms with van der Waals surface area (Å²) in [7, 11) is 0. The van der Waals surface area contributed by atoms with Crippen molar-refractivity contribution in [1.82, 2.24) is 0 Å². The lowest BCUT2D eigenvalue weighted by molar-refractivity contribution is 0.0696. The zero-order valence-corrected chi connectivity index (χ0v) is 12.4. The summed E-state index contributed by atoms with van der Waals surface area (Å²) in [6.07, 6.45) is 0. The maximum atomic E-state index is 11.0. The Balaban J connectivity index is 2.44. The molecule has 0 bridgehead atoms. The Labute approximate surface area is 124 Å². The van der Waals surface area contributed by atoms with Crippen molar-refractivity contribution in [3.8, 4) is 11.5 Å². The number of carbonyl (C=O) groups is 1. The summed E-state index contributed by atoms with van der Waals surface area (Å²) in [4.78, 5) is 11.0. The third kappa shape index (κ3) is 3.34. The molecule has 0 saturated carbocycles. The first-order valence-electron chi connectivity index (χ1n) is 6.79. The van der Waals surface area contributed by atoms with Crippen LogP contribution < -0.4 is 10.5 Å². The summed E-state index contributed by atoms with van der Waals surface area (Å²) in [5.74, 6) is 0.360. The molecule has 21 heavy (non-hydrogen) atoms. The first-order valence-corrected chi connectivity index (χ1v) is 6.79. The number of aromatic carboxylic acids is 1. The second kappa shape index (κ2) is 5.87. The fourth-order valence-electron chi connectivity index (χ4n) is 2.08. The molecular formula is C17H19NO3. The monoisotopic (exact) mass is 285 g/mol. The largest absolute Gasteiger partial charge is 0.478 e. The standard InChI is InChI=1S/C17H19NO3/c1-10(2)13-6-4-11(3)8-15(13)21-16-9-12(17(19)20)5-7-14(16)18/h4-10H,18H2,1-3H3,(H,19,20). The number of carboxylic acids is 1. The molecule has 0 radical (unpaired) electrons. The summed E-state index contributed by atoms with van der Waals surface area (Å²) >= 11 is 0. The summed E-state index contributed by atoms with van der Waals surface area (Å²) in [6, 6.07) is 10.4. The second-order valence-corrected chi connectivity index (χ2v) is 5.36. The number of anilines is 1. The Morgan fingerprint density at radius 2 is 1.86 bits per heavy atom. The highest BCUT2D eigenvalue weighted by Gasteiger charge is 2.13. The van der Waals surface area contributed by atoms with Crippen molar-refractivity contribution in [3.05, 3.63) is 53.1 Å². The van der Waals surface area contributed by atoms with Crippen LogP contribution >= 0.6 is 0 Å². The first-order chi connectivity index (χ1) is 9.88. The molecule has 0 saturated heterocycles. The number of nitrogens with two attached hydrogens (primary N) is 1. The van der Waals surface area contributed by atoms with E-state index in [2.05, 4.69) is 13.8 Å². The van der Waals surface area contributed by atoms with Crippen LogP contribution in [0.3, 0.4) is 0 Å². The molecule has 0 aliphatic carbocycles. The molecule has 3 N–H and O–H groups in total. The Bertz CT molecular complexity index is 678. The number of nitrogen functional groups attached to an aromatic ring is 1. The molecule has 2 aromatic carbocycles. The minimum Gasteiger partial charge on any atom is -0.478 e. The third-order valence-corrected chi connectivity index (χ3v) is 3.27. The molecule has 110 valence electrons. The Hall–Kier alpha value is -2.49. The van der Waals surface area contributed by atoms with Gasteiger partial charge >= 0.3 is 5.97 Å². The van der Waals surface area contributed by atoms with Crippen LogP contribution in [0.1, 0.15) is 41.3 Å². The summed E-state index contributed by atoms with van der Waals surface area (Å²) in [5, 5.41) is 9.06. The molecule has 2 aromatic rings. The lowest BCUT2D eigenvalue weighted by Gasteiger charge is -2.16. The van der Waals surface area contributed by atoms with Crippen LogP contribution in [0.4, 0.5) is 5.69 Å². The van der Waals surface area contributed by atoms with Gasteiger partial charge in [-0.3, -0.25) is 0 Å². The molecule has 0 atom stereocenters. The van der Waals surface area contributed by atoms with Crippen molar-refractivity contribution in [2.45, 2.75) is 26.7 Å². The van der Waals surface area contributed by atoms with Crippen molar-refractivity contribution >= 4 is 11.7 Å². The number of hydrogen-bond acceptors (Lipinski definition) is 3. The average molecular weight is 285 g/mol. The van der Waals surface area contributed by atoms with Gasteiger partial charge < -0.3 is 15.6 Å². The van der Waals surface area contributed by atoms with Gasteiger partial charge in [0.05, 0.1) is 11.3 Å². The van der Waals surface area contributed by atoms with Crippen LogP contribution in [-0.2, 0) is 0 Å². The smallest absolute Gasteiger partial charge is 0.335 e. The molecule has 4 heteroatoms. The van der Waals surface area contributed by atoms with Gasteiger partial charge in [-0.2, -0.15) is 0 Å². The van der Waals surface area contributed by atoms with E-state index >= 15 is 0 Å². The molecule has 0 aliphatic heterocycles. The lowest BCUT2D eigenvalue weighted by Crippen LogP contribution is -2.01. The van der Waals surface area contributed by atoms with Crippen LogP contribution in [0.15, 0.2) is 36.4 Å². The van der Waals surface area contributed by atoms with Crippen molar-refractivity contribution in [1.29, 1.82) is 0 Å². The van der Waals surface area contributed by atoms with E-state index in [0.29, 0.717) is 23.1 Å². The summed E-state index contributed by atoms with van der Waals surface area (Å²) < 4.78 is 5.88. The van der Waals surface area contributed by atoms with Crippen LogP contribution in [0.25, 0.3) is 0 Å². The van der Waals surface area contributed by atoms with Crippen LogP contribution in [0.2, 0.25) is 0 Å². The highest BCUT2D eigenvalue weighted by atomic mass is 16.5. The first kappa shape index (κ1) is 14.9. The maximum absolute atomic E-state index is 11.0. The Morgan fingerprint density at radius 3 is 2.48 bits per heavy atom. The molecule has 0 amide bonds. The average Bonchev–Trinajstić information content (AvgIpc) is 2.40. The molecule has 0 fully saturated rings. The number of carboxylic acid groups (broad SMARTS) is 1. The molecule has 0 aliphatic rings. The fourth-order valence-corrected chi connectivity index (χ4v) is 2.08. The molecule has 0 unspecified atom stereocenters. The summed E-state index contributed by atoms with van der Waals surface area (Å²) in [6.45, 7) is 6.14. The molecule has 0 aromatic heterocycles. The van der Waals surface area contributed by atoms with Gasteiger partial charge in [-0.25, -0.2) is 4.79 Å². The second-order valence-electron chi connectivity index (χ2n) is 5.36. The predicted molar refractivity (Wildman–Crippen MR) is 83.2 cm³/mol. The van der Waals surface area contributed by atoms with Crippen molar-refractivity contribution in [3.63, 3.8) is 0 Å². The van der Waals surface area contributed by atoms with Gasteiger partial charge in [0.25, 0.3) is 0 Å². The van der Waals surface area contributed by atoms with E-state index in [1.165, 1.54) is 12.1 Å². The Morgan fingerprint density at radius 1 is 1.14 bits per heavy atom. The van der Waals surface area contributed by atoms with Gasteiger partial charge in [-0.15, -0.1) is 0 Å². The van der Waals surface area contributed by atoms with E-state index in [0.717, 1.165) is 11.1 Å². The van der Waals surface area contributed by atoms with Gasteiger partial charge in [0, 0.05) is 0 Å². The van der Waals surface area contributed by atoms with E-state index in [4.69, 9.17) is 15.6 Å². The van der Waals surface area contributed by atoms with Gasteiger partial charge in [0.1, 0.15) is 5.75 Å².